The molecule has 5 aromatic rings. The lowest BCUT2D eigenvalue weighted by atomic mass is 10.1. The number of carboxylic acid groups (broad SMARTS) is 1. The van der Waals surface area contributed by atoms with Crippen LogP contribution in [0.3, 0.4) is 0 Å². The second-order valence-corrected chi connectivity index (χ2v) is 9.78. The maximum Gasteiger partial charge on any atom is 0.335 e. The highest BCUT2D eigenvalue weighted by Gasteiger charge is 2.21. The molecule has 0 radical (unpaired) electrons. The monoisotopic (exact) mass is 559 g/mol. The maximum atomic E-state index is 14.1. The molecule has 0 amide bonds. The van der Waals surface area contributed by atoms with Gasteiger partial charge in [0.05, 0.1) is 35.0 Å². The third kappa shape index (κ3) is 5.45. The Morgan fingerprint density at radius 3 is 2.80 bits per heavy atom. The third-order valence-electron chi connectivity index (χ3n) is 6.66. The largest absolute Gasteiger partial charge is 0.484 e. The number of carbonyl (C=O) groups is 1. The van der Waals surface area contributed by atoms with Gasteiger partial charge in [-0.1, -0.05) is 17.7 Å². The molecule has 0 fully saturated rings. The number of nitrogens with zero attached hydrogens (tertiary/aromatic N) is 5. The first-order chi connectivity index (χ1) is 19.4. The van der Waals surface area contributed by atoms with Crippen LogP contribution in [-0.4, -0.2) is 48.6 Å². The van der Waals surface area contributed by atoms with Crippen molar-refractivity contribution in [2.75, 3.05) is 13.1 Å². The van der Waals surface area contributed by atoms with Gasteiger partial charge in [-0.05, 0) is 59.7 Å². The van der Waals surface area contributed by atoms with E-state index in [4.69, 9.17) is 25.7 Å². The van der Waals surface area contributed by atoms with Crippen molar-refractivity contribution in [3.05, 3.63) is 113 Å². The first kappa shape index (κ1) is 25.7. The molecular formula is C29H23ClFN5O4. The van der Waals surface area contributed by atoms with Crippen LogP contribution in [0.25, 0.3) is 16.6 Å². The fourth-order valence-electron chi connectivity index (χ4n) is 4.71. The summed E-state index contributed by atoms with van der Waals surface area (Å²) in [5, 5.41) is 9.80. The van der Waals surface area contributed by atoms with Crippen LogP contribution in [0, 0.1) is 5.82 Å². The van der Waals surface area contributed by atoms with Crippen molar-refractivity contribution < 1.29 is 23.4 Å². The molecule has 6 rings (SSSR count). The Bertz CT molecular complexity index is 1730. The molecule has 1 N–H and O–H groups in total. The number of ether oxygens (including phenoxy) is 1. The number of fused-ring (bicyclic) bond motifs is 1. The van der Waals surface area contributed by atoms with Crippen molar-refractivity contribution in [2.45, 2.75) is 19.7 Å². The molecule has 0 spiro atoms. The van der Waals surface area contributed by atoms with Gasteiger partial charge in [-0.3, -0.25) is 9.88 Å². The molecule has 4 heterocycles. The van der Waals surface area contributed by atoms with Gasteiger partial charge in [-0.15, -0.1) is 0 Å². The SMILES string of the molecule is O=C(O)c1ccc2nc(CN3CC=C(c4ccnc(COc5ccc(Cl)cc5F)c4)C3)n(Cc3ncco3)c2c1. The zero-order valence-corrected chi connectivity index (χ0v) is 21.9. The summed E-state index contributed by atoms with van der Waals surface area (Å²) in [5.74, 6) is -0.122. The molecule has 0 unspecified atom stereocenters. The van der Waals surface area contributed by atoms with E-state index in [1.807, 2.05) is 16.7 Å². The summed E-state index contributed by atoms with van der Waals surface area (Å²) in [7, 11) is 0. The van der Waals surface area contributed by atoms with Gasteiger partial charge in [0.25, 0.3) is 0 Å². The van der Waals surface area contributed by atoms with Crippen molar-refractivity contribution >= 4 is 34.2 Å². The molecule has 3 aromatic heterocycles. The van der Waals surface area contributed by atoms with Crippen molar-refractivity contribution in [1.82, 2.24) is 24.4 Å². The number of hydrogen-bond donors (Lipinski definition) is 1. The number of benzene rings is 2. The predicted octanol–water partition coefficient (Wildman–Crippen LogP) is 5.44. The van der Waals surface area contributed by atoms with E-state index in [1.54, 1.807) is 36.7 Å². The van der Waals surface area contributed by atoms with Gasteiger partial charge in [-0.2, -0.15) is 0 Å². The Balaban J connectivity index is 1.18. The number of pyridine rings is 1. The zero-order chi connectivity index (χ0) is 27.6. The van der Waals surface area contributed by atoms with Crippen LogP contribution in [0.2, 0.25) is 5.02 Å². The van der Waals surface area contributed by atoms with Gasteiger partial charge in [0.15, 0.2) is 11.6 Å². The smallest absolute Gasteiger partial charge is 0.335 e. The molecule has 0 saturated heterocycles. The van der Waals surface area contributed by atoms with Crippen molar-refractivity contribution in [2.24, 2.45) is 0 Å². The molecule has 11 heteroatoms. The summed E-state index contributed by atoms with van der Waals surface area (Å²) in [5.41, 5.74) is 4.41. The molecule has 9 nitrogen and oxygen atoms in total. The van der Waals surface area contributed by atoms with Crippen molar-refractivity contribution in [3.63, 3.8) is 0 Å². The lowest BCUT2D eigenvalue weighted by Crippen LogP contribution is -2.23. The van der Waals surface area contributed by atoms with E-state index >= 15 is 0 Å². The summed E-state index contributed by atoms with van der Waals surface area (Å²) in [6.45, 7) is 2.37. The number of aromatic nitrogens is 4. The summed E-state index contributed by atoms with van der Waals surface area (Å²) in [6.07, 6.45) is 6.95. The topological polar surface area (TPSA) is 107 Å². The molecular weight excluding hydrogens is 537 g/mol. The van der Waals surface area contributed by atoms with E-state index in [0.717, 1.165) is 17.0 Å². The van der Waals surface area contributed by atoms with Gasteiger partial charge in [0, 0.05) is 24.3 Å². The second kappa shape index (κ2) is 10.9. The zero-order valence-electron chi connectivity index (χ0n) is 21.1. The van der Waals surface area contributed by atoms with Crippen LogP contribution < -0.4 is 4.74 Å². The maximum absolute atomic E-state index is 14.1. The van der Waals surface area contributed by atoms with E-state index in [9.17, 15) is 14.3 Å². The van der Waals surface area contributed by atoms with E-state index in [-0.39, 0.29) is 17.9 Å². The third-order valence-corrected chi connectivity index (χ3v) is 6.90. The van der Waals surface area contributed by atoms with Gasteiger partial charge in [0.1, 0.15) is 25.2 Å². The number of imidazole rings is 1. The van der Waals surface area contributed by atoms with Gasteiger partial charge in [0.2, 0.25) is 5.89 Å². The Kier molecular flexibility index (Phi) is 7.02. The van der Waals surface area contributed by atoms with Crippen LogP contribution in [0.4, 0.5) is 4.39 Å². The van der Waals surface area contributed by atoms with Gasteiger partial charge >= 0.3 is 5.97 Å². The quantitative estimate of drug-likeness (QED) is 0.254. The first-order valence-electron chi connectivity index (χ1n) is 12.5. The van der Waals surface area contributed by atoms with E-state index in [2.05, 4.69) is 20.9 Å². The lowest BCUT2D eigenvalue weighted by Gasteiger charge is -2.17. The minimum absolute atomic E-state index is 0.117. The minimum Gasteiger partial charge on any atom is -0.484 e. The molecule has 40 heavy (non-hydrogen) atoms. The van der Waals surface area contributed by atoms with Crippen LogP contribution in [0.5, 0.6) is 5.75 Å². The molecule has 202 valence electrons. The molecule has 1 aliphatic heterocycles. The normalized spacial score (nSPS) is 13.6. The number of hydrogen-bond acceptors (Lipinski definition) is 7. The van der Waals surface area contributed by atoms with Crippen molar-refractivity contribution in [3.8, 4) is 5.75 Å². The highest BCUT2D eigenvalue weighted by atomic mass is 35.5. The summed E-state index contributed by atoms with van der Waals surface area (Å²) in [6, 6.07) is 13.1. The molecule has 1 aliphatic rings. The Hall–Kier alpha value is -4.54. The predicted molar refractivity (Wildman–Crippen MR) is 146 cm³/mol. The number of rotatable bonds is 9. The summed E-state index contributed by atoms with van der Waals surface area (Å²) < 4.78 is 27.1. The summed E-state index contributed by atoms with van der Waals surface area (Å²) in [4.78, 5) is 27.2. The number of aromatic carboxylic acids is 1. The minimum atomic E-state index is -0.999. The number of oxazole rings is 1. The van der Waals surface area contributed by atoms with E-state index < -0.39 is 11.8 Å². The van der Waals surface area contributed by atoms with Crippen LogP contribution in [-0.2, 0) is 19.7 Å². The lowest BCUT2D eigenvalue weighted by molar-refractivity contribution is 0.0697. The fraction of sp³-hybridized carbons (Fsp3) is 0.172. The summed E-state index contributed by atoms with van der Waals surface area (Å²) >= 11 is 5.82. The van der Waals surface area contributed by atoms with Crippen LogP contribution in [0.1, 0.15) is 33.3 Å². The van der Waals surface area contributed by atoms with E-state index in [1.165, 1.54) is 18.4 Å². The first-order valence-corrected chi connectivity index (χ1v) is 12.9. The standard InChI is InChI=1S/C29H23ClFN5O4/c30-21-2-4-26(23(31)13-21)40-17-22-11-18(5-7-32-22)20-6-9-35(14-20)15-27-34-24-3-1-19(29(37)38)12-25(24)36(27)16-28-33-8-10-39-28/h1-8,10-13H,9,14-17H2,(H,37,38). The van der Waals surface area contributed by atoms with Gasteiger partial charge < -0.3 is 18.8 Å². The highest BCUT2D eigenvalue weighted by Crippen LogP contribution is 2.26. The molecule has 2 aromatic carbocycles. The Morgan fingerprint density at radius 1 is 1.10 bits per heavy atom. The number of halogens is 2. The fourth-order valence-corrected chi connectivity index (χ4v) is 4.87. The van der Waals surface area contributed by atoms with Crippen LogP contribution in [0.15, 0.2) is 77.7 Å². The van der Waals surface area contributed by atoms with Crippen LogP contribution >= 0.6 is 11.6 Å². The van der Waals surface area contributed by atoms with Gasteiger partial charge in [-0.25, -0.2) is 19.2 Å². The Morgan fingerprint density at radius 2 is 2.00 bits per heavy atom. The van der Waals surface area contributed by atoms with E-state index in [0.29, 0.717) is 53.8 Å². The molecule has 0 bridgehead atoms. The molecule has 0 atom stereocenters. The average molecular weight is 560 g/mol. The molecule has 0 saturated carbocycles. The Labute approximate surface area is 233 Å². The number of carboxylic acids is 1. The van der Waals surface area contributed by atoms with Crippen molar-refractivity contribution in [1.29, 1.82) is 0 Å². The second-order valence-electron chi connectivity index (χ2n) is 9.35. The highest BCUT2D eigenvalue weighted by molar-refractivity contribution is 6.30. The average Bonchev–Trinajstić information content (AvgIpc) is 3.70. The molecule has 0 aliphatic carbocycles.